The lowest BCUT2D eigenvalue weighted by Crippen LogP contribution is -2.36. The van der Waals surface area contributed by atoms with E-state index in [0.717, 1.165) is 11.5 Å². The topological polar surface area (TPSA) is 58.2 Å². The highest BCUT2D eigenvalue weighted by atomic mass is 32.2. The number of rotatable bonds is 9. The van der Waals surface area contributed by atoms with E-state index in [-0.39, 0.29) is 17.2 Å². The maximum Gasteiger partial charge on any atom is 0.220 e. The standard InChI is InChI=1S/C15H30N2O2S/c1-12(2)11-20-9-6-13(18)16-7-8-17-14(19)10-15(3,4)5/h12H,6-11H2,1-5H3,(H,16,18)(H,17,19). The van der Waals surface area contributed by atoms with Crippen LogP contribution in [0.2, 0.25) is 0 Å². The zero-order chi connectivity index (χ0) is 15.6. The van der Waals surface area contributed by atoms with Crippen molar-refractivity contribution in [3.8, 4) is 0 Å². The van der Waals surface area contributed by atoms with Crippen molar-refractivity contribution in [2.24, 2.45) is 11.3 Å². The lowest BCUT2D eigenvalue weighted by molar-refractivity contribution is -0.123. The molecule has 0 aromatic carbocycles. The van der Waals surface area contributed by atoms with Gasteiger partial charge in [0.15, 0.2) is 0 Å². The van der Waals surface area contributed by atoms with E-state index in [1.165, 1.54) is 0 Å². The predicted octanol–water partition coefficient (Wildman–Crippen LogP) is 2.43. The largest absolute Gasteiger partial charge is 0.354 e. The molecule has 0 atom stereocenters. The summed E-state index contributed by atoms with van der Waals surface area (Å²) in [5.74, 6) is 2.72. The van der Waals surface area contributed by atoms with Gasteiger partial charge < -0.3 is 10.6 Å². The molecule has 5 heteroatoms. The zero-order valence-electron chi connectivity index (χ0n) is 13.5. The van der Waals surface area contributed by atoms with Crippen molar-refractivity contribution in [2.45, 2.75) is 47.5 Å². The molecule has 0 aromatic rings. The van der Waals surface area contributed by atoms with E-state index in [9.17, 15) is 9.59 Å². The van der Waals surface area contributed by atoms with Gasteiger partial charge in [-0.3, -0.25) is 9.59 Å². The minimum Gasteiger partial charge on any atom is -0.354 e. The molecule has 0 fully saturated rings. The minimum absolute atomic E-state index is 0.000961. The Morgan fingerprint density at radius 1 is 1.05 bits per heavy atom. The van der Waals surface area contributed by atoms with E-state index >= 15 is 0 Å². The first-order valence-electron chi connectivity index (χ1n) is 7.32. The summed E-state index contributed by atoms with van der Waals surface area (Å²) in [5.41, 5.74) is 0.000961. The molecule has 0 saturated heterocycles. The number of carbonyl (C=O) groups is 2. The molecule has 2 N–H and O–H groups in total. The van der Waals surface area contributed by atoms with Crippen molar-refractivity contribution in [3.63, 3.8) is 0 Å². The van der Waals surface area contributed by atoms with Crippen LogP contribution in [-0.4, -0.2) is 36.4 Å². The summed E-state index contributed by atoms with van der Waals surface area (Å²) >= 11 is 1.81. The Hall–Kier alpha value is -0.710. The van der Waals surface area contributed by atoms with Gasteiger partial charge in [-0.05, 0) is 17.1 Å². The molecule has 0 saturated carbocycles. The van der Waals surface area contributed by atoms with Gasteiger partial charge in [-0.15, -0.1) is 0 Å². The molecular formula is C15H30N2O2S. The van der Waals surface area contributed by atoms with Gasteiger partial charge in [-0.25, -0.2) is 0 Å². The maximum atomic E-state index is 11.6. The van der Waals surface area contributed by atoms with Crippen LogP contribution in [0, 0.1) is 11.3 Å². The molecule has 0 aromatic heterocycles. The molecule has 0 heterocycles. The summed E-state index contributed by atoms with van der Waals surface area (Å²) in [6.07, 6.45) is 1.06. The first-order chi connectivity index (χ1) is 9.20. The van der Waals surface area contributed by atoms with E-state index < -0.39 is 0 Å². The van der Waals surface area contributed by atoms with E-state index in [1.54, 1.807) is 0 Å². The van der Waals surface area contributed by atoms with Crippen LogP contribution in [0.15, 0.2) is 0 Å². The van der Waals surface area contributed by atoms with Crippen LogP contribution in [0.25, 0.3) is 0 Å². The molecular weight excluding hydrogens is 272 g/mol. The summed E-state index contributed by atoms with van der Waals surface area (Å²) in [4.78, 5) is 23.1. The van der Waals surface area contributed by atoms with E-state index in [1.807, 2.05) is 32.5 Å². The lowest BCUT2D eigenvalue weighted by Gasteiger charge is -2.17. The van der Waals surface area contributed by atoms with Crippen LogP contribution in [0.1, 0.15) is 47.5 Å². The van der Waals surface area contributed by atoms with Gasteiger partial charge in [0.05, 0.1) is 0 Å². The molecule has 2 amide bonds. The third-order valence-corrected chi connectivity index (χ3v) is 3.78. The van der Waals surface area contributed by atoms with Gasteiger partial charge >= 0.3 is 0 Å². The van der Waals surface area contributed by atoms with Gasteiger partial charge in [0.2, 0.25) is 11.8 Å². The van der Waals surface area contributed by atoms with Crippen molar-refractivity contribution < 1.29 is 9.59 Å². The quantitative estimate of drug-likeness (QED) is 0.643. The molecule has 20 heavy (non-hydrogen) atoms. The summed E-state index contributed by atoms with van der Waals surface area (Å²) in [7, 11) is 0. The summed E-state index contributed by atoms with van der Waals surface area (Å²) < 4.78 is 0. The molecule has 0 rings (SSSR count). The SMILES string of the molecule is CC(C)CSCCC(=O)NCCNC(=O)CC(C)(C)C. The molecule has 0 aliphatic heterocycles. The van der Waals surface area contributed by atoms with Crippen molar-refractivity contribution in [1.82, 2.24) is 10.6 Å². The second-order valence-electron chi connectivity index (χ2n) is 6.66. The van der Waals surface area contributed by atoms with Crippen molar-refractivity contribution in [1.29, 1.82) is 0 Å². The summed E-state index contributed by atoms with van der Waals surface area (Å²) in [6, 6.07) is 0. The fourth-order valence-corrected chi connectivity index (χ4v) is 2.49. The van der Waals surface area contributed by atoms with E-state index in [0.29, 0.717) is 31.8 Å². The van der Waals surface area contributed by atoms with Gasteiger partial charge in [-0.1, -0.05) is 34.6 Å². The van der Waals surface area contributed by atoms with Crippen molar-refractivity contribution in [3.05, 3.63) is 0 Å². The Morgan fingerprint density at radius 2 is 1.60 bits per heavy atom. The smallest absolute Gasteiger partial charge is 0.220 e. The van der Waals surface area contributed by atoms with Gasteiger partial charge in [0.1, 0.15) is 0 Å². The average molecular weight is 302 g/mol. The monoisotopic (exact) mass is 302 g/mol. The molecule has 0 radical (unpaired) electrons. The van der Waals surface area contributed by atoms with Gasteiger partial charge in [-0.2, -0.15) is 11.8 Å². The average Bonchev–Trinajstić information content (AvgIpc) is 2.28. The van der Waals surface area contributed by atoms with Crippen LogP contribution in [0.3, 0.4) is 0 Å². The first-order valence-corrected chi connectivity index (χ1v) is 8.47. The van der Waals surface area contributed by atoms with Crippen LogP contribution < -0.4 is 10.6 Å². The molecule has 118 valence electrons. The molecule has 4 nitrogen and oxygen atoms in total. The first kappa shape index (κ1) is 19.3. The lowest BCUT2D eigenvalue weighted by atomic mass is 9.92. The molecule has 0 aliphatic carbocycles. The number of thioether (sulfide) groups is 1. The number of nitrogens with one attached hydrogen (secondary N) is 2. The number of amides is 2. The number of carbonyl (C=O) groups excluding carboxylic acids is 2. The van der Waals surface area contributed by atoms with Gasteiger partial charge in [0, 0.05) is 31.7 Å². The van der Waals surface area contributed by atoms with Crippen LogP contribution in [-0.2, 0) is 9.59 Å². The van der Waals surface area contributed by atoms with Crippen LogP contribution >= 0.6 is 11.8 Å². The summed E-state index contributed by atoms with van der Waals surface area (Å²) in [6.45, 7) is 11.4. The van der Waals surface area contributed by atoms with Gasteiger partial charge in [0.25, 0.3) is 0 Å². The van der Waals surface area contributed by atoms with E-state index in [4.69, 9.17) is 0 Å². The Labute approximate surface area is 127 Å². The minimum atomic E-state index is 0.000961. The fourth-order valence-electron chi connectivity index (χ4n) is 1.52. The Kier molecular flexibility index (Phi) is 9.72. The third kappa shape index (κ3) is 13.7. The Bertz CT molecular complexity index is 299. The highest BCUT2D eigenvalue weighted by Crippen LogP contribution is 2.17. The highest BCUT2D eigenvalue weighted by molar-refractivity contribution is 7.99. The Morgan fingerprint density at radius 3 is 2.10 bits per heavy atom. The number of hydrogen-bond donors (Lipinski definition) is 2. The van der Waals surface area contributed by atoms with Crippen LogP contribution in [0.4, 0.5) is 0 Å². The normalized spacial score (nSPS) is 11.5. The second kappa shape index (κ2) is 10.1. The molecule has 0 unspecified atom stereocenters. The fraction of sp³-hybridized carbons (Fsp3) is 0.867. The molecule has 0 bridgehead atoms. The maximum absolute atomic E-state index is 11.6. The highest BCUT2D eigenvalue weighted by Gasteiger charge is 2.15. The molecule has 0 aliphatic rings. The number of hydrogen-bond acceptors (Lipinski definition) is 3. The molecule has 0 spiro atoms. The van der Waals surface area contributed by atoms with E-state index in [2.05, 4.69) is 24.5 Å². The van der Waals surface area contributed by atoms with Crippen molar-refractivity contribution in [2.75, 3.05) is 24.6 Å². The Balaban J connectivity index is 3.50. The predicted molar refractivity (Wildman–Crippen MR) is 86.9 cm³/mol. The van der Waals surface area contributed by atoms with Crippen molar-refractivity contribution >= 4 is 23.6 Å². The second-order valence-corrected chi connectivity index (χ2v) is 7.81. The third-order valence-electron chi connectivity index (χ3n) is 2.38. The summed E-state index contributed by atoms with van der Waals surface area (Å²) in [5, 5.41) is 5.64. The van der Waals surface area contributed by atoms with Crippen LogP contribution in [0.5, 0.6) is 0 Å². The zero-order valence-corrected chi connectivity index (χ0v) is 14.4.